The molecule has 3 nitrogen and oxygen atoms in total. The number of anilines is 1. The number of aromatic nitrogens is 2. The van der Waals surface area contributed by atoms with Gasteiger partial charge in [-0.2, -0.15) is 0 Å². The van der Waals surface area contributed by atoms with Crippen LogP contribution < -0.4 is 5.32 Å². The third kappa shape index (κ3) is 3.20. The van der Waals surface area contributed by atoms with E-state index in [9.17, 15) is 0 Å². The first-order valence-corrected chi connectivity index (χ1v) is 7.78. The van der Waals surface area contributed by atoms with Crippen molar-refractivity contribution in [2.45, 2.75) is 13.8 Å². The van der Waals surface area contributed by atoms with E-state index in [-0.39, 0.29) is 0 Å². The van der Waals surface area contributed by atoms with Crippen molar-refractivity contribution in [3.8, 4) is 11.4 Å². The molecule has 22 heavy (non-hydrogen) atoms. The van der Waals surface area contributed by atoms with Gasteiger partial charge in [0.2, 0.25) is 0 Å². The zero-order chi connectivity index (χ0) is 15.5. The Bertz CT molecular complexity index is 799. The SMILES string of the molecule is CC(C)CNc1nc(-c2cccc(Cl)c2)nc2ccccc12. The maximum absolute atomic E-state index is 6.08. The van der Waals surface area contributed by atoms with E-state index in [0.717, 1.165) is 28.8 Å². The standard InChI is InChI=1S/C18H18ClN3/c1-12(2)11-20-18-15-8-3-4-9-16(15)21-17(22-18)13-6-5-7-14(19)10-13/h3-10,12H,11H2,1-2H3,(H,20,21,22). The molecule has 0 unspecified atom stereocenters. The molecule has 0 amide bonds. The molecule has 1 N–H and O–H groups in total. The van der Waals surface area contributed by atoms with E-state index in [2.05, 4.69) is 24.1 Å². The lowest BCUT2D eigenvalue weighted by Gasteiger charge is -2.12. The number of rotatable bonds is 4. The van der Waals surface area contributed by atoms with E-state index >= 15 is 0 Å². The molecule has 0 fully saturated rings. The van der Waals surface area contributed by atoms with Crippen LogP contribution in [-0.2, 0) is 0 Å². The van der Waals surface area contributed by atoms with Gasteiger partial charge >= 0.3 is 0 Å². The molecule has 1 heterocycles. The lowest BCUT2D eigenvalue weighted by molar-refractivity contribution is 0.687. The van der Waals surface area contributed by atoms with Gasteiger partial charge in [-0.15, -0.1) is 0 Å². The monoisotopic (exact) mass is 311 g/mol. The summed E-state index contributed by atoms with van der Waals surface area (Å²) in [5.74, 6) is 2.10. The van der Waals surface area contributed by atoms with Crippen LogP contribution in [0.5, 0.6) is 0 Å². The fraction of sp³-hybridized carbons (Fsp3) is 0.222. The molecule has 0 saturated carbocycles. The number of halogens is 1. The quantitative estimate of drug-likeness (QED) is 0.735. The zero-order valence-electron chi connectivity index (χ0n) is 12.7. The van der Waals surface area contributed by atoms with Gasteiger partial charge in [0.25, 0.3) is 0 Å². The van der Waals surface area contributed by atoms with Crippen LogP contribution in [0.2, 0.25) is 5.02 Å². The van der Waals surface area contributed by atoms with Crippen LogP contribution >= 0.6 is 11.6 Å². The molecule has 3 aromatic rings. The predicted molar refractivity (Wildman–Crippen MR) is 93.3 cm³/mol. The molecule has 0 aliphatic heterocycles. The van der Waals surface area contributed by atoms with Gasteiger partial charge in [-0.1, -0.05) is 49.7 Å². The molecular weight excluding hydrogens is 294 g/mol. The Morgan fingerprint density at radius 1 is 1.05 bits per heavy atom. The summed E-state index contributed by atoms with van der Waals surface area (Å²) in [6.07, 6.45) is 0. The second-order valence-corrected chi connectivity index (χ2v) is 6.13. The Hall–Kier alpha value is -2.13. The molecule has 0 bridgehead atoms. The lowest BCUT2D eigenvalue weighted by Crippen LogP contribution is -2.10. The van der Waals surface area contributed by atoms with E-state index < -0.39 is 0 Å². The number of hydrogen-bond donors (Lipinski definition) is 1. The Labute approximate surface area is 135 Å². The van der Waals surface area contributed by atoms with Gasteiger partial charge in [0.1, 0.15) is 5.82 Å². The fourth-order valence-corrected chi connectivity index (χ4v) is 2.46. The molecule has 1 aromatic heterocycles. The summed E-state index contributed by atoms with van der Waals surface area (Å²) in [4.78, 5) is 9.37. The van der Waals surface area contributed by atoms with Crippen LogP contribution in [-0.4, -0.2) is 16.5 Å². The Morgan fingerprint density at radius 2 is 1.86 bits per heavy atom. The highest BCUT2D eigenvalue weighted by atomic mass is 35.5. The smallest absolute Gasteiger partial charge is 0.162 e. The molecule has 2 aromatic carbocycles. The summed E-state index contributed by atoms with van der Waals surface area (Å²) in [6.45, 7) is 5.22. The van der Waals surface area contributed by atoms with Crippen molar-refractivity contribution >= 4 is 28.3 Å². The van der Waals surface area contributed by atoms with E-state index in [1.165, 1.54) is 0 Å². The average Bonchev–Trinajstić information content (AvgIpc) is 2.52. The van der Waals surface area contributed by atoms with Crippen LogP contribution in [0.3, 0.4) is 0 Å². The molecule has 0 spiro atoms. The zero-order valence-corrected chi connectivity index (χ0v) is 13.4. The van der Waals surface area contributed by atoms with Crippen LogP contribution in [0.25, 0.3) is 22.3 Å². The lowest BCUT2D eigenvalue weighted by atomic mass is 10.1. The first-order chi connectivity index (χ1) is 10.6. The van der Waals surface area contributed by atoms with Gasteiger partial charge in [-0.3, -0.25) is 0 Å². The van der Waals surface area contributed by atoms with Gasteiger partial charge in [-0.25, -0.2) is 9.97 Å². The highest BCUT2D eigenvalue weighted by Gasteiger charge is 2.09. The van der Waals surface area contributed by atoms with Crippen molar-refractivity contribution in [2.24, 2.45) is 5.92 Å². The average molecular weight is 312 g/mol. The fourth-order valence-electron chi connectivity index (χ4n) is 2.27. The summed E-state index contributed by atoms with van der Waals surface area (Å²) in [5.41, 5.74) is 1.85. The third-order valence-electron chi connectivity index (χ3n) is 3.36. The number of hydrogen-bond acceptors (Lipinski definition) is 3. The van der Waals surface area contributed by atoms with Gasteiger partial charge < -0.3 is 5.32 Å². The number of fused-ring (bicyclic) bond motifs is 1. The molecular formula is C18H18ClN3. The van der Waals surface area contributed by atoms with Gasteiger partial charge in [0.05, 0.1) is 5.52 Å². The summed E-state index contributed by atoms with van der Waals surface area (Å²) < 4.78 is 0. The predicted octanol–water partition coefficient (Wildman–Crippen LogP) is 5.02. The van der Waals surface area contributed by atoms with Crippen molar-refractivity contribution in [3.63, 3.8) is 0 Å². The van der Waals surface area contributed by atoms with Gasteiger partial charge in [-0.05, 0) is 30.2 Å². The first-order valence-electron chi connectivity index (χ1n) is 7.40. The summed E-state index contributed by atoms with van der Waals surface area (Å²) in [6, 6.07) is 15.7. The van der Waals surface area contributed by atoms with Crippen molar-refractivity contribution in [3.05, 3.63) is 53.6 Å². The maximum Gasteiger partial charge on any atom is 0.162 e. The number of benzene rings is 2. The molecule has 0 aliphatic rings. The minimum Gasteiger partial charge on any atom is -0.369 e. The summed E-state index contributed by atoms with van der Waals surface area (Å²) in [5, 5.41) is 5.15. The van der Waals surface area contributed by atoms with Crippen molar-refractivity contribution in [1.29, 1.82) is 0 Å². The summed E-state index contributed by atoms with van der Waals surface area (Å²) >= 11 is 6.08. The Morgan fingerprint density at radius 3 is 2.64 bits per heavy atom. The van der Waals surface area contributed by atoms with E-state index in [0.29, 0.717) is 16.8 Å². The first kappa shape index (κ1) is 14.8. The highest BCUT2D eigenvalue weighted by molar-refractivity contribution is 6.30. The summed E-state index contributed by atoms with van der Waals surface area (Å²) in [7, 11) is 0. The van der Waals surface area contributed by atoms with Crippen LogP contribution in [0, 0.1) is 5.92 Å². The molecule has 0 radical (unpaired) electrons. The second-order valence-electron chi connectivity index (χ2n) is 5.70. The van der Waals surface area contributed by atoms with Crippen LogP contribution in [0.15, 0.2) is 48.5 Å². The largest absolute Gasteiger partial charge is 0.369 e. The minimum absolute atomic E-state index is 0.545. The van der Waals surface area contributed by atoms with Crippen molar-refractivity contribution in [2.75, 3.05) is 11.9 Å². The minimum atomic E-state index is 0.545. The maximum atomic E-state index is 6.08. The van der Waals surface area contributed by atoms with E-state index in [1.807, 2.05) is 48.5 Å². The molecule has 0 saturated heterocycles. The Kier molecular flexibility index (Phi) is 4.25. The van der Waals surface area contributed by atoms with Crippen LogP contribution in [0.4, 0.5) is 5.82 Å². The van der Waals surface area contributed by atoms with Gasteiger partial charge in [0.15, 0.2) is 5.82 Å². The van der Waals surface area contributed by atoms with Crippen molar-refractivity contribution < 1.29 is 0 Å². The van der Waals surface area contributed by atoms with Gasteiger partial charge in [0, 0.05) is 22.5 Å². The molecule has 3 rings (SSSR count). The normalized spacial score (nSPS) is 11.1. The Balaban J connectivity index is 2.11. The molecule has 112 valence electrons. The highest BCUT2D eigenvalue weighted by Crippen LogP contribution is 2.26. The number of para-hydroxylation sites is 1. The molecule has 0 atom stereocenters. The van der Waals surface area contributed by atoms with Crippen LogP contribution in [0.1, 0.15) is 13.8 Å². The van der Waals surface area contributed by atoms with E-state index in [1.54, 1.807) is 0 Å². The third-order valence-corrected chi connectivity index (χ3v) is 3.60. The number of nitrogens with zero attached hydrogens (tertiary/aromatic N) is 2. The molecule has 0 aliphatic carbocycles. The second kappa shape index (κ2) is 6.32. The van der Waals surface area contributed by atoms with E-state index in [4.69, 9.17) is 16.6 Å². The van der Waals surface area contributed by atoms with Crippen molar-refractivity contribution in [1.82, 2.24) is 9.97 Å². The molecule has 4 heteroatoms. The number of nitrogens with one attached hydrogen (secondary N) is 1. The topological polar surface area (TPSA) is 37.8 Å².